The number of methoxy groups -OCH3 is 2. The third-order valence-electron chi connectivity index (χ3n) is 25.1. The Bertz CT molecular complexity index is 4710. The highest BCUT2D eigenvalue weighted by atomic mass is 16.7. The number of benzene rings is 2. The Labute approximate surface area is 795 Å². The molecule has 2 saturated carbocycles. The van der Waals surface area contributed by atoms with Gasteiger partial charge < -0.3 is 143 Å². The number of aliphatic hydroxyl groups is 7. The van der Waals surface area contributed by atoms with Gasteiger partial charge in [-0.3, -0.25) is 43.0 Å². The molecule has 4 heterocycles. The molecule has 46 nitrogen and oxygen atoms in total. The molecule has 6 aliphatic rings. The van der Waals surface area contributed by atoms with E-state index in [0.717, 1.165) is 6.92 Å². The minimum Gasteiger partial charge on any atom is -0.480 e. The van der Waals surface area contributed by atoms with Gasteiger partial charge in [0.2, 0.25) is 29.7 Å². The number of amides is 5. The number of ether oxygens (including phenoxy) is 16. The van der Waals surface area contributed by atoms with Gasteiger partial charge in [-0.1, -0.05) is 74.0 Å². The number of hydrogen-bond acceptors (Lipinski definition) is 39. The van der Waals surface area contributed by atoms with Crippen LogP contribution in [0.5, 0.6) is 0 Å². The lowest BCUT2D eigenvalue weighted by atomic mass is 9.44. The van der Waals surface area contributed by atoms with Crippen molar-refractivity contribution in [3.8, 4) is 0 Å². The number of aryl methyl sites for hydroxylation is 2. The third-order valence-corrected chi connectivity index (χ3v) is 25.1. The number of aliphatic hydroxyl groups excluding tert-OH is 6. The van der Waals surface area contributed by atoms with Gasteiger partial charge in [-0.15, -0.1) is 5.10 Å². The smallest absolute Gasteiger partial charge is 0.408 e. The van der Waals surface area contributed by atoms with E-state index >= 15 is 9.59 Å². The Hall–Kier alpha value is -10.5. The molecule has 3 saturated heterocycles. The number of nitrogens with one attached hydrogen (secondary N) is 5. The van der Waals surface area contributed by atoms with Crippen molar-refractivity contribution in [2.45, 2.75) is 280 Å². The van der Waals surface area contributed by atoms with Crippen molar-refractivity contribution in [2.75, 3.05) is 93.3 Å². The molecule has 2 aromatic carbocycles. The number of fused-ring (bicyclic) bond motifs is 5. The SMILES string of the molecule is CCOC(=O)[C@H](CCCCNC(=O)COCC(=O)O[C@@H](C(=O)O[C@H]1C[C@@]2(O)[C@@H](OC(=O)c3ccccc3)[C@@H]3[C@]4(OC(C)=O)CO[C@@H]4C[C@H](O)[C@@]3(C)C(=O)[C@H](O)C(=C1C)C2(C)C)C(NC(=O)OC(C)(C)C)c1ccccc1)CC(=O)CNC(=O)CNC(=O)CCCc1cn(CCCC[C@H](NC(=O)CO[C@@H]2C(O)[C@@H](OC)OC(CO[C@H]3OC(COC)[C@@H](O)[C@H](OCC(=O)O)C3O)[C@H]2O)C(=O)OCC)nn1. The van der Waals surface area contributed by atoms with Crippen molar-refractivity contribution in [1.82, 2.24) is 41.6 Å². The van der Waals surface area contributed by atoms with Crippen LogP contribution in [0.4, 0.5) is 4.79 Å². The van der Waals surface area contributed by atoms with Crippen LogP contribution in [0.25, 0.3) is 0 Å². The summed E-state index contributed by atoms with van der Waals surface area (Å²) in [6.07, 6.45) is -24.6. The monoisotopic (exact) mass is 1950 g/mol. The molecule has 3 aromatic rings. The number of aromatic nitrogens is 3. The second kappa shape index (κ2) is 50.5. The van der Waals surface area contributed by atoms with E-state index in [-0.39, 0.29) is 93.6 Å². The van der Waals surface area contributed by atoms with Gasteiger partial charge in [0.05, 0.1) is 80.7 Å². The lowest BCUT2D eigenvalue weighted by Gasteiger charge is -2.67. The highest BCUT2D eigenvalue weighted by Gasteiger charge is 2.78. The molecule has 23 atom stereocenters. The van der Waals surface area contributed by atoms with Crippen LogP contribution < -0.4 is 26.6 Å². The molecule has 13 N–H and O–H groups in total. The van der Waals surface area contributed by atoms with Crippen LogP contribution in [-0.2, 0) is 146 Å². The lowest BCUT2D eigenvalue weighted by Crippen LogP contribution is -2.81. The average Bonchev–Trinajstić information content (AvgIpc) is 0.729. The minimum atomic E-state index is -2.56. The molecule has 9 rings (SSSR count). The standard InChI is InChI=1S/C92H130N8O38/c1-13-126-81(117)53(36-55(102)39-94-63(105)40-95-62(104)33-25-31-54-41-100(99-98-54)35-24-22-32-56(83(119)127-14-2)96-65(107)45-128-76-71(112)59(133-85(124-12)73(76)114)43-130-86-74(115)77(129-46-66(108)109)70(111)58(134-86)42-123-11)30-21-23-34-93-64(106)44-125-47-67(110)135-75(69(51-26-17-15-18-27-51)97-87(121)138-88(5,6)7)84(120)132-57-38-92(122)80(136-82(118)52-28-19-16-20-29-52)78-90(10,79(116)72(113)68(49(57)3)89(92,8)9)60(103)37-61-91(78,48-131-61)137-50(4)101/h15-20,26-29,41,53,56-61,69-78,80,85-86,103,111-115,122H,13-14,21-25,30-40,42-48H2,1-12H3,(H,93,106)(H,94,105)(H,95,104)(H,96,107)(H,97,121)(H,108,109)/t53-,56+,57+,58?,59?,60+,61-,69?,70-,71-,72-,73?,74?,75-,76+,77+,78+,80+,85+,86+,90-,91+,92-/m1/s1. The van der Waals surface area contributed by atoms with Crippen LogP contribution in [0.2, 0.25) is 0 Å². The molecule has 766 valence electrons. The first-order chi connectivity index (χ1) is 65.4. The van der Waals surface area contributed by atoms with Crippen LogP contribution in [0.3, 0.4) is 0 Å². The van der Waals surface area contributed by atoms with Crippen molar-refractivity contribution in [2.24, 2.45) is 22.7 Å². The summed E-state index contributed by atoms with van der Waals surface area (Å²) in [5.41, 5.74) is -9.05. The van der Waals surface area contributed by atoms with Crippen LogP contribution >= 0.6 is 0 Å². The van der Waals surface area contributed by atoms with E-state index in [1.165, 1.54) is 66.2 Å². The van der Waals surface area contributed by atoms with E-state index in [4.69, 9.17) is 80.9 Å². The summed E-state index contributed by atoms with van der Waals surface area (Å²) in [6, 6.07) is 12.5. The fourth-order valence-corrected chi connectivity index (χ4v) is 18.1. The molecule has 0 radical (unpaired) electrons. The topological polar surface area (TPSA) is 639 Å². The number of unbranched alkanes of at least 4 members (excludes halogenated alkanes) is 2. The molecule has 3 aliphatic carbocycles. The van der Waals surface area contributed by atoms with Crippen molar-refractivity contribution in [3.05, 3.63) is 94.8 Å². The number of alkyl carbamates (subject to hydrolysis) is 1. The number of carbonyl (C=O) groups excluding carboxylic acids is 13. The number of esters is 6. The Morgan fingerprint density at radius 2 is 1.32 bits per heavy atom. The number of carboxylic acids is 1. The number of carbonyl (C=O) groups is 14. The van der Waals surface area contributed by atoms with Gasteiger partial charge in [0.15, 0.2) is 29.7 Å². The highest BCUT2D eigenvalue weighted by molar-refractivity contribution is 5.95. The summed E-state index contributed by atoms with van der Waals surface area (Å²) in [5, 5.41) is 113. The zero-order valence-electron chi connectivity index (χ0n) is 79.2. The summed E-state index contributed by atoms with van der Waals surface area (Å²) in [4.78, 5) is 189. The van der Waals surface area contributed by atoms with Crippen molar-refractivity contribution < 1.29 is 184 Å². The minimum absolute atomic E-state index is 0.00776. The van der Waals surface area contributed by atoms with E-state index in [9.17, 15) is 93.3 Å². The summed E-state index contributed by atoms with van der Waals surface area (Å²) >= 11 is 0. The summed E-state index contributed by atoms with van der Waals surface area (Å²) in [5.74, 6) is -14.3. The first kappa shape index (κ1) is 111. The van der Waals surface area contributed by atoms with Gasteiger partial charge in [-0.05, 0) is 122 Å². The molecule has 5 amide bonds. The maximum Gasteiger partial charge on any atom is 0.408 e. The van der Waals surface area contributed by atoms with Gasteiger partial charge in [-0.25, -0.2) is 28.8 Å². The summed E-state index contributed by atoms with van der Waals surface area (Å²) in [7, 11) is 2.50. The number of Topliss-reactive ketones (excluding diaryl/α,β-unsaturated/α-hetero) is 2. The Balaban J connectivity index is 0.708. The number of carboxylic acid groups (broad SMARTS) is 1. The molecule has 5 unspecified atom stereocenters. The number of hydrogen-bond donors (Lipinski definition) is 13. The molecular weight excluding hydrogens is 1830 g/mol. The van der Waals surface area contributed by atoms with Gasteiger partial charge in [0, 0.05) is 71.5 Å². The van der Waals surface area contributed by atoms with E-state index in [0.29, 0.717) is 37.9 Å². The van der Waals surface area contributed by atoms with Gasteiger partial charge in [-0.2, -0.15) is 0 Å². The molecule has 1 aromatic heterocycles. The average molecular weight is 1960 g/mol. The van der Waals surface area contributed by atoms with Crippen LogP contribution in [0.15, 0.2) is 78.0 Å². The van der Waals surface area contributed by atoms with Crippen molar-refractivity contribution in [1.29, 1.82) is 0 Å². The van der Waals surface area contributed by atoms with Crippen molar-refractivity contribution >= 4 is 83.1 Å². The quantitative estimate of drug-likeness (QED) is 0.0145. The largest absolute Gasteiger partial charge is 0.480 e. The summed E-state index contributed by atoms with van der Waals surface area (Å²) in [6.45, 7) is 9.45. The lowest BCUT2D eigenvalue weighted by molar-refractivity contribution is -0.346. The predicted octanol–water partition coefficient (Wildman–Crippen LogP) is -0.625. The molecule has 0 spiro atoms. The Kier molecular flexibility index (Phi) is 40.7. The molecule has 3 aliphatic heterocycles. The molecular formula is C92H130N8O38. The van der Waals surface area contributed by atoms with E-state index < -0.39 is 292 Å². The third kappa shape index (κ3) is 28.4. The molecule has 5 fully saturated rings. The number of nitrogens with zero attached hydrogens (tertiary/aromatic N) is 3. The first-order valence-corrected chi connectivity index (χ1v) is 45.7. The highest BCUT2D eigenvalue weighted by Crippen LogP contribution is 2.64. The maximum atomic E-state index is 15.4. The van der Waals surface area contributed by atoms with Crippen molar-refractivity contribution in [3.63, 3.8) is 0 Å². The second-order valence-electron chi connectivity index (χ2n) is 36.3. The molecule has 138 heavy (non-hydrogen) atoms. The maximum absolute atomic E-state index is 15.4. The number of ketones is 2. The van der Waals surface area contributed by atoms with E-state index in [1.807, 2.05) is 0 Å². The second-order valence-corrected chi connectivity index (χ2v) is 36.3. The van der Waals surface area contributed by atoms with E-state index in [1.54, 1.807) is 81.9 Å². The number of rotatable bonds is 50. The Morgan fingerprint density at radius 3 is 1.96 bits per heavy atom. The van der Waals surface area contributed by atoms with Crippen LogP contribution in [0.1, 0.15) is 168 Å². The molecule has 46 heteroatoms. The van der Waals surface area contributed by atoms with Crippen LogP contribution in [-0.4, -0.2) is 353 Å². The number of aliphatic carboxylic acids is 1. The predicted molar refractivity (Wildman–Crippen MR) is 470 cm³/mol. The molecule has 2 bridgehead atoms. The normalized spacial score (nSPS) is 27.9. The zero-order chi connectivity index (χ0) is 101. The van der Waals surface area contributed by atoms with Crippen LogP contribution in [0, 0.1) is 22.7 Å². The fraction of sp³-hybridized carbons (Fsp3) is 0.674. The van der Waals surface area contributed by atoms with Gasteiger partial charge in [0.25, 0.3) is 0 Å². The first-order valence-electron chi connectivity index (χ1n) is 45.7. The van der Waals surface area contributed by atoms with Gasteiger partial charge >= 0.3 is 47.9 Å². The van der Waals surface area contributed by atoms with E-state index in [2.05, 4.69) is 36.9 Å². The zero-order valence-corrected chi connectivity index (χ0v) is 79.2. The summed E-state index contributed by atoms with van der Waals surface area (Å²) < 4.78 is 91.9. The fourth-order valence-electron chi connectivity index (χ4n) is 18.1. The van der Waals surface area contributed by atoms with Gasteiger partial charge in [0.1, 0.15) is 123 Å². The Morgan fingerprint density at radius 1 is 0.681 bits per heavy atom.